The van der Waals surface area contributed by atoms with Gasteiger partial charge < -0.3 is 18.6 Å². The molecule has 11 aromatic rings. The molecule has 0 bridgehead atoms. The molecule has 3 heterocycles. The highest BCUT2D eigenvalue weighted by Gasteiger charge is 2.26. The van der Waals surface area contributed by atoms with E-state index in [4.69, 9.17) is 0 Å². The Morgan fingerprint density at radius 3 is 1.54 bits per heavy atom. The number of benzene rings is 8. The quantitative estimate of drug-likeness (QED) is 0.0993. The van der Waals surface area contributed by atoms with Gasteiger partial charge in [0.25, 0.3) is 0 Å². The van der Waals surface area contributed by atoms with Crippen molar-refractivity contribution in [3.05, 3.63) is 325 Å². The minimum atomic E-state index is 0.124. The van der Waals surface area contributed by atoms with Crippen LogP contribution in [-0.2, 0) is 0 Å². The third kappa shape index (κ3) is 10.2. The molecule has 0 amide bonds. The van der Waals surface area contributed by atoms with Crippen molar-refractivity contribution in [2.45, 2.75) is 70.3 Å². The average molecular weight is 1210 g/mol. The fourth-order valence-electron chi connectivity index (χ4n) is 15.7. The third-order valence-electron chi connectivity index (χ3n) is 20.5. The molecule has 2 atom stereocenters. The van der Waals surface area contributed by atoms with Crippen molar-refractivity contribution >= 4 is 83.7 Å². The van der Waals surface area contributed by atoms with Gasteiger partial charge in [0.05, 0.1) is 33.6 Å². The largest absolute Gasteiger partial charge is 0.335 e. The molecule has 17 rings (SSSR count). The summed E-state index contributed by atoms with van der Waals surface area (Å²) in [5.41, 5.74) is 25.7. The van der Waals surface area contributed by atoms with Crippen LogP contribution in [0.5, 0.6) is 0 Å². The van der Waals surface area contributed by atoms with Crippen LogP contribution >= 0.6 is 0 Å². The maximum atomic E-state index is 4.12. The van der Waals surface area contributed by atoms with E-state index in [0.717, 1.165) is 81.2 Å². The lowest BCUT2D eigenvalue weighted by atomic mass is 9.87. The summed E-state index contributed by atoms with van der Waals surface area (Å²) >= 11 is 0. The second-order valence-electron chi connectivity index (χ2n) is 25.9. The number of allylic oxidation sites excluding steroid dienone is 21. The van der Waals surface area contributed by atoms with Crippen LogP contribution in [0.1, 0.15) is 64.2 Å². The maximum absolute atomic E-state index is 4.12. The van der Waals surface area contributed by atoms with Gasteiger partial charge in [-0.1, -0.05) is 207 Å². The van der Waals surface area contributed by atoms with Gasteiger partial charge in [-0.05, 0) is 223 Å². The second-order valence-corrected chi connectivity index (χ2v) is 25.9. The topological polar surface area (TPSA) is 18.0 Å². The van der Waals surface area contributed by atoms with E-state index in [9.17, 15) is 0 Å². The smallest absolute Gasteiger partial charge is 0.0560 e. The summed E-state index contributed by atoms with van der Waals surface area (Å²) in [6.07, 6.45) is 56.0. The van der Waals surface area contributed by atoms with E-state index < -0.39 is 0 Å². The van der Waals surface area contributed by atoms with E-state index in [-0.39, 0.29) is 6.04 Å². The van der Waals surface area contributed by atoms with Crippen LogP contribution in [0.15, 0.2) is 315 Å². The third-order valence-corrected chi connectivity index (χ3v) is 20.5. The van der Waals surface area contributed by atoms with Crippen LogP contribution < -0.4 is 15.5 Å². The number of fused-ring (bicyclic) bond motifs is 9. The number of rotatable bonds is 14. The number of aromatic nitrogens is 3. The van der Waals surface area contributed by atoms with Gasteiger partial charge in [-0.2, -0.15) is 0 Å². The first-order chi connectivity index (χ1) is 46.5. The normalized spacial score (nSPS) is 17.8. The molecule has 3 aromatic heterocycles. The standard InChI is InChI=1S/C90H74N4/c1-3-18-61(4-2)63-37-45-75(46-38-63)91(76-47-39-64(40-48-76)62-19-8-5-9-20-62)77-49-51-78(52-50-77)94-89-55-43-71(67-33-29-65(30-34-67)69-41-53-87-81(57-69)79-25-14-16-27-85(79)92(87)73-21-10-6-11-22-73)59-83(89)84-60-72(44-56-90(84)94)68-35-31-66(32-36-68)70-42-54-88-82(58-70)80-26-15-17-28-86(80)93(88)74-23-12-7-13-24-74/h3-4,6-8,10,12,14,16,18-21,23,25-39,41-45,47-60,64,75H,1-2,5,9,11,13,15,17,22,24,40,46H2/b61-18+. The lowest BCUT2D eigenvalue weighted by Gasteiger charge is -2.35. The minimum absolute atomic E-state index is 0.124. The molecule has 0 fully saturated rings. The highest BCUT2D eigenvalue weighted by Crippen LogP contribution is 2.42. The predicted octanol–water partition coefficient (Wildman–Crippen LogP) is 22.3. The minimum Gasteiger partial charge on any atom is -0.335 e. The maximum Gasteiger partial charge on any atom is 0.0560 e. The molecular formula is C90H74N4. The zero-order valence-corrected chi connectivity index (χ0v) is 53.1. The van der Waals surface area contributed by atoms with Crippen LogP contribution in [0.4, 0.5) is 5.69 Å². The Bertz CT molecular complexity index is 5440. The van der Waals surface area contributed by atoms with Gasteiger partial charge in [0.15, 0.2) is 0 Å². The zero-order valence-electron chi connectivity index (χ0n) is 53.1. The Kier molecular flexibility index (Phi) is 14.7. The number of anilines is 1. The average Bonchev–Trinajstić information content (AvgIpc) is 1.61. The molecule has 6 aliphatic rings. The SMILES string of the molecule is C=C/C=C(\C=C)C1=CCC(N(C2=CCC(C3=CCCC=C3)C=C2)c2ccc(-n3c4ccc(-c5ccc(-c6ccc7c(c6)c6c(n7C7=CC=CCC7)=CCCC=6)cc5)cc4c4cc(-c5ccc(-c6ccc7c(c6)c6ccccc6n7C6=CC=CCC6)cc5)ccc43)cc2)C=C1. The van der Waals surface area contributed by atoms with Gasteiger partial charge in [0.1, 0.15) is 0 Å². The summed E-state index contributed by atoms with van der Waals surface area (Å²) in [6.45, 7) is 8.09. The number of para-hydroxylation sites is 1. The summed E-state index contributed by atoms with van der Waals surface area (Å²) in [5.74, 6) is 0.390. The first kappa shape index (κ1) is 57.0. The van der Waals surface area contributed by atoms with Gasteiger partial charge in [-0.3, -0.25) is 0 Å². The molecule has 0 N–H and O–H groups in total. The highest BCUT2D eigenvalue weighted by molar-refractivity contribution is 6.13. The molecule has 4 nitrogen and oxygen atoms in total. The van der Waals surface area contributed by atoms with Crippen molar-refractivity contribution in [1.82, 2.24) is 13.7 Å². The lowest BCUT2D eigenvalue weighted by molar-refractivity contribution is 0.722. The zero-order chi connectivity index (χ0) is 62.6. The Balaban J connectivity index is 0.738. The van der Waals surface area contributed by atoms with Gasteiger partial charge in [0, 0.05) is 71.9 Å². The van der Waals surface area contributed by atoms with Crippen LogP contribution in [0, 0.1) is 5.92 Å². The van der Waals surface area contributed by atoms with Gasteiger partial charge >= 0.3 is 0 Å². The van der Waals surface area contributed by atoms with Crippen LogP contribution in [-0.4, -0.2) is 19.7 Å². The summed E-state index contributed by atoms with van der Waals surface area (Å²) < 4.78 is 7.46. The first-order valence-electron chi connectivity index (χ1n) is 33.9. The molecule has 0 spiro atoms. The molecule has 4 heteroatoms. The predicted molar refractivity (Wildman–Crippen MR) is 402 cm³/mol. The number of hydrogen-bond donors (Lipinski definition) is 0. The van der Waals surface area contributed by atoms with E-state index >= 15 is 0 Å². The molecule has 6 aliphatic carbocycles. The van der Waals surface area contributed by atoms with Crippen molar-refractivity contribution in [3.8, 4) is 50.2 Å². The molecule has 0 radical (unpaired) electrons. The number of nitrogens with zero attached hydrogens (tertiary/aromatic N) is 4. The molecule has 8 aromatic carbocycles. The first-order valence-corrected chi connectivity index (χ1v) is 33.9. The van der Waals surface area contributed by atoms with Gasteiger partial charge in [-0.25, -0.2) is 0 Å². The molecule has 0 aliphatic heterocycles. The molecular weight excluding hydrogens is 1140 g/mol. The van der Waals surface area contributed by atoms with E-state index in [1.165, 1.54) is 138 Å². The van der Waals surface area contributed by atoms with E-state index in [1.807, 2.05) is 18.2 Å². The van der Waals surface area contributed by atoms with Crippen molar-refractivity contribution in [3.63, 3.8) is 0 Å². The molecule has 94 heavy (non-hydrogen) atoms. The van der Waals surface area contributed by atoms with Crippen LogP contribution in [0.2, 0.25) is 0 Å². The fourth-order valence-corrected chi connectivity index (χ4v) is 15.7. The van der Waals surface area contributed by atoms with Crippen LogP contribution in [0.25, 0.3) is 128 Å². The summed E-state index contributed by atoms with van der Waals surface area (Å²) in [5, 5.41) is 9.07. The van der Waals surface area contributed by atoms with E-state index in [2.05, 4.69) is 305 Å². The fraction of sp³-hybridized carbons (Fsp3) is 0.133. The van der Waals surface area contributed by atoms with E-state index in [1.54, 1.807) is 0 Å². The lowest BCUT2D eigenvalue weighted by Crippen LogP contribution is -2.34. The highest BCUT2D eigenvalue weighted by atomic mass is 15.2. The van der Waals surface area contributed by atoms with Crippen molar-refractivity contribution in [2.24, 2.45) is 5.92 Å². The molecule has 454 valence electrons. The Labute approximate surface area is 550 Å². The Hall–Kier alpha value is -10.9. The van der Waals surface area contributed by atoms with Crippen LogP contribution in [0.3, 0.4) is 0 Å². The number of hydrogen-bond acceptors (Lipinski definition) is 1. The van der Waals surface area contributed by atoms with Crippen molar-refractivity contribution in [2.75, 3.05) is 4.90 Å². The Morgan fingerprint density at radius 1 is 0.436 bits per heavy atom. The summed E-state index contributed by atoms with van der Waals surface area (Å²) in [4.78, 5) is 2.54. The van der Waals surface area contributed by atoms with Gasteiger partial charge in [0.2, 0.25) is 0 Å². The molecule has 0 saturated heterocycles. The Morgan fingerprint density at radius 2 is 0.989 bits per heavy atom. The summed E-state index contributed by atoms with van der Waals surface area (Å²) in [6, 6.07) is 65.0. The van der Waals surface area contributed by atoms with E-state index in [0.29, 0.717) is 5.92 Å². The van der Waals surface area contributed by atoms with Crippen molar-refractivity contribution in [1.29, 1.82) is 0 Å². The molecule has 0 saturated carbocycles. The monoisotopic (exact) mass is 1210 g/mol. The van der Waals surface area contributed by atoms with Crippen molar-refractivity contribution < 1.29 is 0 Å². The van der Waals surface area contributed by atoms with Gasteiger partial charge in [-0.15, -0.1) is 0 Å². The summed E-state index contributed by atoms with van der Waals surface area (Å²) in [7, 11) is 0. The second kappa shape index (κ2) is 24.3. The molecule has 2 unspecified atom stereocenters.